The van der Waals surface area contributed by atoms with Crippen molar-refractivity contribution in [2.75, 3.05) is 0 Å². The molecule has 0 aromatic heterocycles. The minimum absolute atomic E-state index is 0.0212. The smallest absolute Gasteiger partial charge is 0.326 e. The summed E-state index contributed by atoms with van der Waals surface area (Å²) < 4.78 is 0. The molecular weight excluding hydrogens is 458 g/mol. The molecule has 0 aromatic carbocycles. The van der Waals surface area contributed by atoms with Gasteiger partial charge >= 0.3 is 17.9 Å². The van der Waals surface area contributed by atoms with Gasteiger partial charge < -0.3 is 42.7 Å². The Morgan fingerprint density at radius 3 is 1.50 bits per heavy atom. The fraction of sp³-hybridized carbons (Fsp3) is 0.632. The molecule has 0 heterocycles. The van der Waals surface area contributed by atoms with Gasteiger partial charge in [-0.15, -0.1) is 0 Å². The quantitative estimate of drug-likeness (QED) is 0.109. The standard InChI is InChI=1S/C19H31N5O10/c1-8(2)5-9(20)16(30)23-11(6-14(26)27)18(32)24-12(7-15(28)29)17(31)22-10(19(33)34)3-4-13(21)25/h8-12H,3-7,20H2,1-2H3,(H2,21,25)(H,22,31)(H,23,30)(H,24,32)(H,26,27)(H,28,29)(H,33,34). The van der Waals surface area contributed by atoms with Crippen LogP contribution in [0.25, 0.3) is 0 Å². The van der Waals surface area contributed by atoms with Gasteiger partial charge in [-0.1, -0.05) is 13.8 Å². The molecule has 0 aliphatic rings. The Morgan fingerprint density at radius 2 is 1.15 bits per heavy atom. The molecule has 0 aliphatic carbocycles. The van der Waals surface area contributed by atoms with Gasteiger partial charge in [0.05, 0.1) is 18.9 Å². The second kappa shape index (κ2) is 14.4. The van der Waals surface area contributed by atoms with Gasteiger partial charge in [-0.05, 0) is 18.8 Å². The van der Waals surface area contributed by atoms with Crippen molar-refractivity contribution >= 4 is 41.5 Å². The van der Waals surface area contributed by atoms with Crippen LogP contribution in [0.2, 0.25) is 0 Å². The highest BCUT2D eigenvalue weighted by atomic mass is 16.4. The van der Waals surface area contributed by atoms with Crippen molar-refractivity contribution in [2.24, 2.45) is 17.4 Å². The first-order valence-corrected chi connectivity index (χ1v) is 10.2. The number of rotatable bonds is 16. The summed E-state index contributed by atoms with van der Waals surface area (Å²) in [6.45, 7) is 3.58. The zero-order valence-corrected chi connectivity index (χ0v) is 18.8. The number of carboxylic acids is 3. The van der Waals surface area contributed by atoms with E-state index in [0.29, 0.717) is 0 Å². The van der Waals surface area contributed by atoms with E-state index < -0.39 is 91.4 Å². The summed E-state index contributed by atoms with van der Waals surface area (Å²) in [5.74, 6) is -8.61. The molecule has 0 aliphatic heterocycles. The maximum absolute atomic E-state index is 12.6. The number of nitrogens with two attached hydrogens (primary N) is 2. The highest BCUT2D eigenvalue weighted by Crippen LogP contribution is 2.05. The molecule has 192 valence electrons. The van der Waals surface area contributed by atoms with Crippen molar-refractivity contribution in [3.8, 4) is 0 Å². The normalized spacial score (nSPS) is 14.2. The van der Waals surface area contributed by atoms with Crippen LogP contribution >= 0.6 is 0 Å². The minimum atomic E-state index is -1.82. The topological polar surface area (TPSA) is 268 Å². The van der Waals surface area contributed by atoms with E-state index in [4.69, 9.17) is 21.7 Å². The van der Waals surface area contributed by atoms with Crippen LogP contribution in [0, 0.1) is 5.92 Å². The molecule has 4 amide bonds. The Bertz CT molecular complexity index is 800. The Labute approximate surface area is 194 Å². The lowest BCUT2D eigenvalue weighted by Crippen LogP contribution is -2.58. The number of primary amides is 1. The number of aliphatic carboxylic acids is 3. The average molecular weight is 489 g/mol. The van der Waals surface area contributed by atoms with Gasteiger partial charge in [0.25, 0.3) is 0 Å². The summed E-state index contributed by atoms with van der Waals surface area (Å²) in [7, 11) is 0. The van der Waals surface area contributed by atoms with Crippen LogP contribution in [-0.4, -0.2) is 81.0 Å². The Morgan fingerprint density at radius 1 is 0.735 bits per heavy atom. The molecule has 10 N–H and O–H groups in total. The molecule has 0 bridgehead atoms. The van der Waals surface area contributed by atoms with Gasteiger partial charge in [-0.25, -0.2) is 4.79 Å². The van der Waals surface area contributed by atoms with Crippen LogP contribution in [0.5, 0.6) is 0 Å². The third-order valence-corrected chi connectivity index (χ3v) is 4.38. The fourth-order valence-electron chi connectivity index (χ4n) is 2.75. The highest BCUT2D eigenvalue weighted by Gasteiger charge is 2.32. The first kappa shape index (κ1) is 30.2. The van der Waals surface area contributed by atoms with Gasteiger partial charge in [0.2, 0.25) is 23.6 Å². The Kier molecular flexibility index (Phi) is 12.8. The summed E-state index contributed by atoms with van der Waals surface area (Å²) >= 11 is 0. The van der Waals surface area contributed by atoms with E-state index in [2.05, 4.69) is 5.32 Å². The molecule has 0 saturated carbocycles. The summed E-state index contributed by atoms with van der Waals surface area (Å²) in [6.07, 6.45) is -2.44. The number of carboxylic acid groups (broad SMARTS) is 3. The van der Waals surface area contributed by atoms with Crippen molar-refractivity contribution in [2.45, 2.75) is 70.1 Å². The van der Waals surface area contributed by atoms with Gasteiger partial charge in [0.1, 0.15) is 18.1 Å². The number of hydrogen-bond acceptors (Lipinski definition) is 8. The van der Waals surface area contributed by atoms with Crippen molar-refractivity contribution < 1.29 is 48.9 Å². The van der Waals surface area contributed by atoms with E-state index in [-0.39, 0.29) is 12.3 Å². The van der Waals surface area contributed by atoms with Crippen LogP contribution in [-0.2, 0) is 33.6 Å². The fourth-order valence-corrected chi connectivity index (χ4v) is 2.75. The van der Waals surface area contributed by atoms with Crippen molar-refractivity contribution in [1.29, 1.82) is 0 Å². The van der Waals surface area contributed by atoms with E-state index in [9.17, 15) is 38.7 Å². The predicted octanol–water partition coefficient (Wildman–Crippen LogP) is -2.89. The average Bonchev–Trinajstić information content (AvgIpc) is 2.68. The number of hydrogen-bond donors (Lipinski definition) is 8. The summed E-state index contributed by atoms with van der Waals surface area (Å²) in [6, 6.07) is -6.18. The Balaban J connectivity index is 5.54. The minimum Gasteiger partial charge on any atom is -0.481 e. The van der Waals surface area contributed by atoms with Gasteiger partial charge in [-0.2, -0.15) is 0 Å². The number of nitrogens with one attached hydrogen (secondary N) is 3. The summed E-state index contributed by atoms with van der Waals surface area (Å²) in [5.41, 5.74) is 10.7. The van der Waals surface area contributed by atoms with Crippen LogP contribution in [0.15, 0.2) is 0 Å². The molecule has 4 unspecified atom stereocenters. The van der Waals surface area contributed by atoms with Crippen LogP contribution in [0.3, 0.4) is 0 Å². The van der Waals surface area contributed by atoms with Gasteiger partial charge in [0.15, 0.2) is 0 Å². The second-order valence-corrected chi connectivity index (χ2v) is 7.96. The zero-order chi connectivity index (χ0) is 26.6. The van der Waals surface area contributed by atoms with Crippen LogP contribution in [0.1, 0.15) is 46.0 Å². The Hall–Kier alpha value is -3.75. The molecule has 0 fully saturated rings. The molecular formula is C19H31N5O10. The molecule has 0 aromatic rings. The number of amides is 4. The maximum Gasteiger partial charge on any atom is 0.326 e. The SMILES string of the molecule is CC(C)CC(N)C(=O)NC(CC(=O)O)C(=O)NC(CC(=O)O)C(=O)NC(CCC(N)=O)C(=O)O. The van der Waals surface area contributed by atoms with E-state index in [1.807, 2.05) is 10.6 Å². The maximum atomic E-state index is 12.6. The number of carbonyl (C=O) groups excluding carboxylic acids is 4. The number of carbonyl (C=O) groups is 7. The lowest BCUT2D eigenvalue weighted by Gasteiger charge is -2.24. The third kappa shape index (κ3) is 12.3. The zero-order valence-electron chi connectivity index (χ0n) is 18.8. The lowest BCUT2D eigenvalue weighted by atomic mass is 10.0. The second-order valence-electron chi connectivity index (χ2n) is 7.96. The first-order valence-electron chi connectivity index (χ1n) is 10.2. The predicted molar refractivity (Wildman–Crippen MR) is 114 cm³/mol. The van der Waals surface area contributed by atoms with Crippen molar-refractivity contribution in [3.63, 3.8) is 0 Å². The molecule has 34 heavy (non-hydrogen) atoms. The van der Waals surface area contributed by atoms with Crippen LogP contribution < -0.4 is 27.4 Å². The van der Waals surface area contributed by atoms with E-state index in [1.54, 1.807) is 13.8 Å². The lowest BCUT2D eigenvalue weighted by molar-refractivity contribution is -0.145. The van der Waals surface area contributed by atoms with Gasteiger partial charge in [0, 0.05) is 6.42 Å². The first-order chi connectivity index (χ1) is 15.6. The summed E-state index contributed by atoms with van der Waals surface area (Å²) in [5, 5.41) is 33.5. The molecule has 4 atom stereocenters. The molecule has 15 nitrogen and oxygen atoms in total. The van der Waals surface area contributed by atoms with Crippen LogP contribution in [0.4, 0.5) is 0 Å². The van der Waals surface area contributed by atoms with Gasteiger partial charge in [-0.3, -0.25) is 28.8 Å². The van der Waals surface area contributed by atoms with E-state index in [0.717, 1.165) is 0 Å². The van der Waals surface area contributed by atoms with Crippen molar-refractivity contribution in [3.05, 3.63) is 0 Å². The molecule has 0 spiro atoms. The molecule has 0 radical (unpaired) electrons. The molecule has 0 rings (SSSR count). The molecule has 0 saturated heterocycles. The summed E-state index contributed by atoms with van der Waals surface area (Å²) in [4.78, 5) is 81.8. The highest BCUT2D eigenvalue weighted by molar-refractivity contribution is 5.96. The van der Waals surface area contributed by atoms with E-state index >= 15 is 0 Å². The van der Waals surface area contributed by atoms with E-state index in [1.165, 1.54) is 0 Å². The molecule has 15 heteroatoms. The largest absolute Gasteiger partial charge is 0.481 e. The van der Waals surface area contributed by atoms with Crippen molar-refractivity contribution in [1.82, 2.24) is 16.0 Å². The third-order valence-electron chi connectivity index (χ3n) is 4.38. The monoisotopic (exact) mass is 489 g/mol.